The van der Waals surface area contributed by atoms with Gasteiger partial charge in [0.1, 0.15) is 0 Å². The molecular formula is C15H26O2. The molecule has 0 saturated heterocycles. The number of aliphatic hydroxyl groups excluding tert-OH is 1. The van der Waals surface area contributed by atoms with Crippen LogP contribution in [0.5, 0.6) is 0 Å². The Hall–Kier alpha value is -0.340. The van der Waals surface area contributed by atoms with Gasteiger partial charge in [-0.1, -0.05) is 19.1 Å². The average molecular weight is 238 g/mol. The summed E-state index contributed by atoms with van der Waals surface area (Å²) in [5, 5.41) is 20.3. The Bertz CT molecular complexity index is 315. The molecule has 2 nitrogen and oxygen atoms in total. The van der Waals surface area contributed by atoms with Crippen LogP contribution in [0.4, 0.5) is 0 Å². The van der Waals surface area contributed by atoms with E-state index in [1.54, 1.807) is 0 Å². The Labute approximate surface area is 105 Å². The van der Waals surface area contributed by atoms with Crippen LogP contribution in [0.15, 0.2) is 12.2 Å². The van der Waals surface area contributed by atoms with Crippen molar-refractivity contribution in [3.05, 3.63) is 12.2 Å². The van der Waals surface area contributed by atoms with Crippen molar-refractivity contribution in [2.75, 3.05) is 0 Å². The summed E-state index contributed by atoms with van der Waals surface area (Å²) in [6.07, 6.45) is 4.62. The van der Waals surface area contributed by atoms with Gasteiger partial charge in [0.25, 0.3) is 0 Å². The molecule has 0 heterocycles. The number of aliphatic hydroxyl groups is 2. The van der Waals surface area contributed by atoms with E-state index in [0.717, 1.165) is 32.1 Å². The van der Waals surface area contributed by atoms with Crippen LogP contribution in [0.25, 0.3) is 0 Å². The van der Waals surface area contributed by atoms with Crippen LogP contribution in [-0.4, -0.2) is 21.9 Å². The zero-order chi connectivity index (χ0) is 12.8. The van der Waals surface area contributed by atoms with E-state index >= 15 is 0 Å². The molecule has 2 saturated carbocycles. The van der Waals surface area contributed by atoms with Gasteiger partial charge in [-0.25, -0.2) is 0 Å². The van der Waals surface area contributed by atoms with E-state index in [1.807, 2.05) is 13.8 Å². The second-order valence-corrected chi connectivity index (χ2v) is 7.01. The lowest BCUT2D eigenvalue weighted by Crippen LogP contribution is -2.42. The van der Waals surface area contributed by atoms with Crippen molar-refractivity contribution >= 4 is 0 Å². The first kappa shape index (κ1) is 13.1. The first-order valence-corrected chi connectivity index (χ1v) is 6.82. The Morgan fingerprint density at radius 1 is 1.41 bits per heavy atom. The summed E-state index contributed by atoms with van der Waals surface area (Å²) < 4.78 is 0. The van der Waals surface area contributed by atoms with E-state index in [2.05, 4.69) is 13.5 Å². The van der Waals surface area contributed by atoms with Crippen LogP contribution in [0.2, 0.25) is 0 Å². The summed E-state index contributed by atoms with van der Waals surface area (Å²) in [6.45, 7) is 10.2. The molecule has 0 spiro atoms. The van der Waals surface area contributed by atoms with Gasteiger partial charge in [0.15, 0.2) is 0 Å². The fourth-order valence-corrected chi connectivity index (χ4v) is 4.20. The number of rotatable bonds is 2. The predicted octanol–water partition coefficient (Wildman–Crippen LogP) is 2.89. The van der Waals surface area contributed by atoms with Gasteiger partial charge in [-0.05, 0) is 57.8 Å². The summed E-state index contributed by atoms with van der Waals surface area (Å²) in [4.78, 5) is 0. The SMILES string of the molecule is C=C1CC[C@H](O)[C@@]2(C)CC[C@@H](CC(C)(C)O)[C@H]12. The van der Waals surface area contributed by atoms with Gasteiger partial charge in [-0.3, -0.25) is 0 Å². The van der Waals surface area contributed by atoms with Crippen molar-refractivity contribution in [3.8, 4) is 0 Å². The Morgan fingerprint density at radius 2 is 2.06 bits per heavy atom. The predicted molar refractivity (Wildman–Crippen MR) is 69.6 cm³/mol. The molecule has 2 N–H and O–H groups in total. The highest BCUT2D eigenvalue weighted by atomic mass is 16.3. The molecule has 98 valence electrons. The normalized spacial score (nSPS) is 42.6. The molecule has 0 aromatic rings. The van der Waals surface area contributed by atoms with E-state index in [0.29, 0.717) is 11.8 Å². The number of fused-ring (bicyclic) bond motifs is 1. The maximum Gasteiger partial charge on any atom is 0.0602 e. The monoisotopic (exact) mass is 238 g/mol. The molecular weight excluding hydrogens is 212 g/mol. The third-order valence-electron chi connectivity index (χ3n) is 4.94. The minimum Gasteiger partial charge on any atom is -0.393 e. The Kier molecular flexibility index (Phi) is 3.16. The molecule has 0 aromatic carbocycles. The molecule has 4 atom stereocenters. The maximum absolute atomic E-state index is 10.3. The quantitative estimate of drug-likeness (QED) is 0.726. The second kappa shape index (κ2) is 4.10. The fraction of sp³-hybridized carbons (Fsp3) is 0.867. The third-order valence-corrected chi connectivity index (χ3v) is 4.94. The molecule has 2 aliphatic rings. The smallest absolute Gasteiger partial charge is 0.0602 e. The van der Waals surface area contributed by atoms with Gasteiger partial charge < -0.3 is 10.2 Å². The summed E-state index contributed by atoms with van der Waals surface area (Å²) in [5.41, 5.74) is 0.689. The molecule has 17 heavy (non-hydrogen) atoms. The molecule has 0 aromatic heterocycles. The molecule has 0 bridgehead atoms. The van der Waals surface area contributed by atoms with Crippen molar-refractivity contribution in [3.63, 3.8) is 0 Å². The topological polar surface area (TPSA) is 40.5 Å². The lowest BCUT2D eigenvalue weighted by atomic mass is 9.63. The average Bonchev–Trinajstić information content (AvgIpc) is 2.50. The van der Waals surface area contributed by atoms with E-state index in [1.165, 1.54) is 5.57 Å². The van der Waals surface area contributed by atoms with Crippen LogP contribution >= 0.6 is 0 Å². The van der Waals surface area contributed by atoms with Gasteiger partial charge in [0, 0.05) is 5.41 Å². The third kappa shape index (κ3) is 2.30. The lowest BCUT2D eigenvalue weighted by molar-refractivity contribution is -0.0212. The maximum atomic E-state index is 10.3. The van der Waals surface area contributed by atoms with Crippen LogP contribution in [-0.2, 0) is 0 Å². The largest absolute Gasteiger partial charge is 0.393 e. The van der Waals surface area contributed by atoms with Gasteiger partial charge in [-0.2, -0.15) is 0 Å². The van der Waals surface area contributed by atoms with E-state index in [-0.39, 0.29) is 11.5 Å². The Morgan fingerprint density at radius 3 is 2.65 bits per heavy atom. The van der Waals surface area contributed by atoms with E-state index in [9.17, 15) is 10.2 Å². The number of hydrogen-bond donors (Lipinski definition) is 2. The van der Waals surface area contributed by atoms with Gasteiger partial charge >= 0.3 is 0 Å². The molecule has 2 rings (SSSR count). The fourth-order valence-electron chi connectivity index (χ4n) is 4.20. The number of allylic oxidation sites excluding steroid dienone is 1. The zero-order valence-corrected chi connectivity index (χ0v) is 11.4. The van der Waals surface area contributed by atoms with Gasteiger partial charge in [-0.15, -0.1) is 0 Å². The van der Waals surface area contributed by atoms with Crippen molar-refractivity contribution in [2.24, 2.45) is 17.3 Å². The minimum absolute atomic E-state index is 0.00521. The molecule has 2 heteroatoms. The minimum atomic E-state index is -0.613. The van der Waals surface area contributed by atoms with Crippen molar-refractivity contribution in [1.29, 1.82) is 0 Å². The number of hydrogen-bond acceptors (Lipinski definition) is 2. The molecule has 0 amide bonds. The summed E-state index contributed by atoms with van der Waals surface area (Å²) in [5.74, 6) is 0.889. The van der Waals surface area contributed by atoms with Crippen LogP contribution in [0.3, 0.4) is 0 Å². The summed E-state index contributed by atoms with van der Waals surface area (Å²) in [6, 6.07) is 0. The van der Waals surface area contributed by atoms with Crippen LogP contribution in [0, 0.1) is 17.3 Å². The molecule has 0 aliphatic heterocycles. The molecule has 0 unspecified atom stereocenters. The second-order valence-electron chi connectivity index (χ2n) is 7.01. The lowest BCUT2D eigenvalue weighted by Gasteiger charge is -2.44. The highest BCUT2D eigenvalue weighted by molar-refractivity contribution is 5.18. The zero-order valence-electron chi connectivity index (χ0n) is 11.4. The standard InChI is InChI=1S/C15H26O2/c1-10-5-6-12(16)15(4)8-7-11(13(10)15)9-14(2,3)17/h11-13,16-17H,1,5-9H2,2-4H3/t11-,12-,13-,15+/m0/s1. The summed E-state index contributed by atoms with van der Waals surface area (Å²) in [7, 11) is 0. The first-order chi connectivity index (χ1) is 7.74. The highest BCUT2D eigenvalue weighted by Crippen LogP contribution is 2.57. The summed E-state index contributed by atoms with van der Waals surface area (Å²) >= 11 is 0. The molecule has 2 aliphatic carbocycles. The van der Waals surface area contributed by atoms with Gasteiger partial charge in [0.05, 0.1) is 11.7 Å². The van der Waals surface area contributed by atoms with Crippen LogP contribution < -0.4 is 0 Å². The van der Waals surface area contributed by atoms with E-state index < -0.39 is 5.60 Å². The first-order valence-electron chi connectivity index (χ1n) is 6.82. The highest BCUT2D eigenvalue weighted by Gasteiger charge is 2.52. The molecule has 2 fully saturated rings. The Balaban J connectivity index is 2.21. The van der Waals surface area contributed by atoms with Gasteiger partial charge in [0.2, 0.25) is 0 Å². The van der Waals surface area contributed by atoms with E-state index in [4.69, 9.17) is 0 Å². The van der Waals surface area contributed by atoms with Crippen molar-refractivity contribution in [2.45, 2.75) is 64.6 Å². The van der Waals surface area contributed by atoms with Crippen molar-refractivity contribution < 1.29 is 10.2 Å². The molecule has 0 radical (unpaired) electrons. The van der Waals surface area contributed by atoms with Crippen LogP contribution in [0.1, 0.15) is 52.9 Å². The van der Waals surface area contributed by atoms with Crippen molar-refractivity contribution in [1.82, 2.24) is 0 Å².